The van der Waals surface area contributed by atoms with Gasteiger partial charge in [0, 0.05) is 21.7 Å². The number of carboxylic acid groups (broad SMARTS) is 1. The molecule has 1 aromatic heterocycles. The molecule has 4 nitrogen and oxygen atoms in total. The van der Waals surface area contributed by atoms with Gasteiger partial charge in [0.25, 0.3) is 0 Å². The molecule has 2 rings (SSSR count). The van der Waals surface area contributed by atoms with Crippen molar-refractivity contribution >= 4 is 28.6 Å². The third kappa shape index (κ3) is 3.04. The van der Waals surface area contributed by atoms with Crippen molar-refractivity contribution in [2.45, 2.75) is 23.5 Å². The van der Waals surface area contributed by atoms with Gasteiger partial charge in [0.15, 0.2) is 0 Å². The number of rotatable bonds is 4. The van der Waals surface area contributed by atoms with Crippen molar-refractivity contribution in [1.29, 1.82) is 5.26 Å². The van der Waals surface area contributed by atoms with Crippen molar-refractivity contribution < 1.29 is 9.90 Å². The van der Waals surface area contributed by atoms with Crippen LogP contribution in [0.3, 0.4) is 0 Å². The van der Waals surface area contributed by atoms with E-state index >= 15 is 0 Å². The zero-order valence-electron chi connectivity index (χ0n) is 10.3. The number of carbonyl (C=O) groups is 1. The smallest absolute Gasteiger partial charge is 0.304 e. The lowest BCUT2D eigenvalue weighted by Crippen LogP contribution is -2.06. The van der Waals surface area contributed by atoms with Crippen LogP contribution >= 0.6 is 11.8 Å². The van der Waals surface area contributed by atoms with E-state index in [-0.39, 0.29) is 11.7 Å². The van der Waals surface area contributed by atoms with Gasteiger partial charge in [0.2, 0.25) is 0 Å². The van der Waals surface area contributed by atoms with Crippen LogP contribution in [0.15, 0.2) is 35.4 Å². The van der Waals surface area contributed by atoms with Crippen molar-refractivity contribution in [3.63, 3.8) is 0 Å². The zero-order valence-corrected chi connectivity index (χ0v) is 11.1. The number of carboxylic acids is 1. The maximum atomic E-state index is 10.7. The van der Waals surface area contributed by atoms with Crippen molar-refractivity contribution in [2.75, 3.05) is 0 Å². The third-order valence-electron chi connectivity index (χ3n) is 2.63. The number of thioether (sulfide) groups is 1. The lowest BCUT2D eigenvalue weighted by Gasteiger charge is -2.12. The fourth-order valence-corrected chi connectivity index (χ4v) is 2.96. The van der Waals surface area contributed by atoms with Crippen molar-refractivity contribution in [2.24, 2.45) is 0 Å². The van der Waals surface area contributed by atoms with Gasteiger partial charge in [-0.3, -0.25) is 9.78 Å². The molecule has 1 N–H and O–H groups in total. The van der Waals surface area contributed by atoms with Gasteiger partial charge < -0.3 is 5.11 Å². The van der Waals surface area contributed by atoms with Gasteiger partial charge in [-0.05, 0) is 6.07 Å². The van der Waals surface area contributed by atoms with E-state index in [4.69, 9.17) is 10.4 Å². The normalized spacial score (nSPS) is 12.0. The van der Waals surface area contributed by atoms with Gasteiger partial charge in [-0.25, -0.2) is 0 Å². The topological polar surface area (TPSA) is 74.0 Å². The van der Waals surface area contributed by atoms with Gasteiger partial charge in [-0.1, -0.05) is 25.1 Å². The molecule has 96 valence electrons. The summed E-state index contributed by atoms with van der Waals surface area (Å²) in [4.78, 5) is 15.8. The molecule has 1 heterocycles. The number of pyridine rings is 1. The number of benzene rings is 1. The molecule has 2 aromatic rings. The van der Waals surface area contributed by atoms with Gasteiger partial charge in [-0.2, -0.15) is 5.26 Å². The summed E-state index contributed by atoms with van der Waals surface area (Å²) >= 11 is 1.41. The molecule has 0 aliphatic carbocycles. The Morgan fingerprint density at radius 3 is 2.95 bits per heavy atom. The van der Waals surface area contributed by atoms with Crippen LogP contribution in [0.1, 0.15) is 18.9 Å². The van der Waals surface area contributed by atoms with Crippen molar-refractivity contribution in [1.82, 2.24) is 4.98 Å². The number of aliphatic carboxylic acids is 1. The maximum Gasteiger partial charge on any atom is 0.304 e. The monoisotopic (exact) mass is 272 g/mol. The van der Waals surface area contributed by atoms with Gasteiger partial charge in [0.1, 0.15) is 6.07 Å². The Morgan fingerprint density at radius 2 is 2.26 bits per heavy atom. The Bertz CT molecular complexity index is 664. The number of hydrogen-bond acceptors (Lipinski definition) is 4. The lowest BCUT2D eigenvalue weighted by atomic mass is 10.2. The molecule has 19 heavy (non-hydrogen) atoms. The fraction of sp³-hybridized carbons (Fsp3) is 0.214. The highest BCUT2D eigenvalue weighted by Crippen LogP contribution is 2.33. The largest absolute Gasteiger partial charge is 0.481 e. The predicted octanol–water partition coefficient (Wildman–Crippen LogP) is 3.06. The molecule has 0 spiro atoms. The highest BCUT2D eigenvalue weighted by atomic mass is 32.2. The minimum Gasteiger partial charge on any atom is -0.481 e. The molecule has 1 aromatic carbocycles. The molecule has 0 bridgehead atoms. The van der Waals surface area contributed by atoms with Crippen LogP contribution in [0.5, 0.6) is 0 Å². The van der Waals surface area contributed by atoms with Crippen LogP contribution in [-0.4, -0.2) is 21.3 Å². The number of hydrogen-bond donors (Lipinski definition) is 1. The summed E-state index contributed by atoms with van der Waals surface area (Å²) in [6.45, 7) is 1.84. The van der Waals surface area contributed by atoms with Crippen LogP contribution in [0.4, 0.5) is 0 Å². The van der Waals surface area contributed by atoms with Crippen LogP contribution in [-0.2, 0) is 4.79 Å². The Kier molecular flexibility index (Phi) is 4.03. The van der Waals surface area contributed by atoms with E-state index in [0.717, 1.165) is 15.8 Å². The summed E-state index contributed by atoms with van der Waals surface area (Å²) in [6.07, 6.45) is 1.60. The van der Waals surface area contributed by atoms with Crippen LogP contribution in [0.2, 0.25) is 0 Å². The highest BCUT2D eigenvalue weighted by molar-refractivity contribution is 8.00. The van der Waals surface area contributed by atoms with Crippen LogP contribution in [0.25, 0.3) is 10.9 Å². The van der Waals surface area contributed by atoms with E-state index in [1.54, 1.807) is 0 Å². The Morgan fingerprint density at radius 1 is 1.53 bits per heavy atom. The quantitative estimate of drug-likeness (QED) is 0.866. The van der Waals surface area contributed by atoms with E-state index in [1.165, 1.54) is 18.0 Å². The number of nitriles is 1. The molecule has 0 saturated carbocycles. The number of nitrogens with zero attached hydrogens (tertiary/aromatic N) is 2. The van der Waals surface area contributed by atoms with Crippen LogP contribution in [0, 0.1) is 11.3 Å². The van der Waals surface area contributed by atoms with Gasteiger partial charge in [0.05, 0.1) is 17.5 Å². The second kappa shape index (κ2) is 5.72. The first-order chi connectivity index (χ1) is 9.11. The average molecular weight is 272 g/mol. The molecular weight excluding hydrogens is 260 g/mol. The van der Waals surface area contributed by atoms with Gasteiger partial charge in [-0.15, -0.1) is 11.8 Å². The maximum absolute atomic E-state index is 10.7. The average Bonchev–Trinajstić information content (AvgIpc) is 2.38. The molecule has 0 aliphatic heterocycles. The zero-order chi connectivity index (χ0) is 13.8. The molecule has 1 atom stereocenters. The number of para-hydroxylation sites is 1. The number of aromatic nitrogens is 1. The minimum atomic E-state index is -0.836. The summed E-state index contributed by atoms with van der Waals surface area (Å²) in [7, 11) is 0. The molecular formula is C14H12N2O2S. The first kappa shape index (κ1) is 13.4. The van der Waals surface area contributed by atoms with E-state index in [1.807, 2.05) is 31.2 Å². The Balaban J connectivity index is 2.45. The van der Waals surface area contributed by atoms with Crippen LogP contribution < -0.4 is 0 Å². The van der Waals surface area contributed by atoms with E-state index in [2.05, 4.69) is 11.1 Å². The first-order valence-corrected chi connectivity index (χ1v) is 6.66. The van der Waals surface area contributed by atoms with Gasteiger partial charge >= 0.3 is 5.97 Å². The molecule has 0 amide bonds. The standard InChI is InChI=1S/C14H12N2O2S/c1-9(6-13(17)18)19-14-10(7-15)8-16-12-5-3-2-4-11(12)14/h2-5,8-9H,6H2,1H3,(H,17,18). The molecule has 0 saturated heterocycles. The second-order valence-electron chi connectivity index (χ2n) is 4.16. The van der Waals surface area contributed by atoms with E-state index in [9.17, 15) is 4.79 Å². The first-order valence-electron chi connectivity index (χ1n) is 5.78. The summed E-state index contributed by atoms with van der Waals surface area (Å²) in [5, 5.41) is 18.8. The summed E-state index contributed by atoms with van der Waals surface area (Å²) < 4.78 is 0. The molecule has 5 heteroatoms. The summed E-state index contributed by atoms with van der Waals surface area (Å²) in [5.74, 6) is -0.836. The lowest BCUT2D eigenvalue weighted by molar-refractivity contribution is -0.136. The highest BCUT2D eigenvalue weighted by Gasteiger charge is 2.15. The summed E-state index contributed by atoms with van der Waals surface area (Å²) in [5.41, 5.74) is 1.30. The van der Waals surface area contributed by atoms with Crippen molar-refractivity contribution in [3.05, 3.63) is 36.0 Å². The third-order valence-corrected chi connectivity index (χ3v) is 3.87. The van der Waals surface area contributed by atoms with Crippen molar-refractivity contribution in [3.8, 4) is 6.07 Å². The van der Waals surface area contributed by atoms with E-state index < -0.39 is 5.97 Å². The predicted molar refractivity (Wildman–Crippen MR) is 74.0 cm³/mol. The van der Waals surface area contributed by atoms with E-state index in [0.29, 0.717) is 5.56 Å². The second-order valence-corrected chi connectivity index (χ2v) is 5.60. The summed E-state index contributed by atoms with van der Waals surface area (Å²) in [6, 6.07) is 9.67. The molecule has 0 fully saturated rings. The SMILES string of the molecule is CC(CC(=O)O)Sc1c(C#N)cnc2ccccc12. The molecule has 0 aliphatic rings. The fourth-order valence-electron chi connectivity index (χ4n) is 1.81. The Hall–Kier alpha value is -2.06. The minimum absolute atomic E-state index is 0.0617. The molecule has 0 radical (unpaired) electrons. The Labute approximate surface area is 115 Å². The molecule has 1 unspecified atom stereocenters. The number of fused-ring (bicyclic) bond motifs is 1.